The van der Waals surface area contributed by atoms with Crippen LogP contribution in [-0.2, 0) is 4.79 Å². The van der Waals surface area contributed by atoms with Gasteiger partial charge in [-0.3, -0.25) is 4.79 Å². The zero-order chi connectivity index (χ0) is 11.8. The van der Waals surface area contributed by atoms with Crippen LogP contribution in [-0.4, -0.2) is 29.4 Å². The Hall–Kier alpha value is -0.570. The maximum absolute atomic E-state index is 12.3. The molecule has 2 fully saturated rings. The molecule has 2 aliphatic rings. The Morgan fingerprint density at radius 1 is 1.31 bits per heavy atom. The summed E-state index contributed by atoms with van der Waals surface area (Å²) in [6.07, 6.45) is 7.72. The molecule has 1 amide bonds. The standard InChI is InChI=1S/C13H24N2O/c1-10-5-3-6-11(9-10)15(2)12(16)13(14)7-4-8-13/h10-11H,3-9,14H2,1-2H3. The van der Waals surface area contributed by atoms with Crippen molar-refractivity contribution < 1.29 is 4.79 Å². The first-order chi connectivity index (χ1) is 7.53. The van der Waals surface area contributed by atoms with Crippen molar-refractivity contribution in [2.75, 3.05) is 7.05 Å². The maximum Gasteiger partial charge on any atom is 0.242 e. The first kappa shape index (κ1) is 11.9. The van der Waals surface area contributed by atoms with Gasteiger partial charge in [-0.25, -0.2) is 0 Å². The molecule has 0 aromatic rings. The highest BCUT2D eigenvalue weighted by atomic mass is 16.2. The van der Waals surface area contributed by atoms with Crippen molar-refractivity contribution in [2.24, 2.45) is 11.7 Å². The van der Waals surface area contributed by atoms with Crippen LogP contribution in [0.2, 0.25) is 0 Å². The number of likely N-dealkylation sites (N-methyl/N-ethyl adjacent to an activating group) is 1. The summed E-state index contributed by atoms with van der Waals surface area (Å²) in [5.41, 5.74) is 5.58. The minimum atomic E-state index is -0.518. The number of nitrogens with two attached hydrogens (primary N) is 1. The van der Waals surface area contributed by atoms with Crippen LogP contribution >= 0.6 is 0 Å². The summed E-state index contributed by atoms with van der Waals surface area (Å²) in [5.74, 6) is 0.932. The zero-order valence-electron chi connectivity index (χ0n) is 10.5. The lowest BCUT2D eigenvalue weighted by molar-refractivity contribution is -0.141. The predicted molar refractivity (Wildman–Crippen MR) is 65.0 cm³/mol. The Morgan fingerprint density at radius 2 is 2.00 bits per heavy atom. The van der Waals surface area contributed by atoms with E-state index in [-0.39, 0.29) is 5.91 Å². The molecule has 0 spiro atoms. The molecule has 3 nitrogen and oxygen atoms in total. The van der Waals surface area contributed by atoms with Crippen LogP contribution in [0.1, 0.15) is 51.9 Å². The quantitative estimate of drug-likeness (QED) is 0.778. The van der Waals surface area contributed by atoms with Gasteiger partial charge in [0.05, 0.1) is 5.54 Å². The second-order valence-electron chi connectivity index (χ2n) is 5.85. The lowest BCUT2D eigenvalue weighted by Gasteiger charge is -2.43. The Labute approximate surface area is 98.4 Å². The number of carbonyl (C=O) groups is 1. The molecule has 0 heterocycles. The highest BCUT2D eigenvalue weighted by Gasteiger charge is 2.43. The third kappa shape index (κ3) is 2.10. The first-order valence-corrected chi connectivity index (χ1v) is 6.59. The number of rotatable bonds is 2. The van der Waals surface area contributed by atoms with Crippen LogP contribution in [0.4, 0.5) is 0 Å². The fourth-order valence-electron chi connectivity index (χ4n) is 3.04. The Kier molecular flexibility index (Phi) is 3.24. The molecule has 0 aromatic carbocycles. The smallest absolute Gasteiger partial charge is 0.242 e. The minimum absolute atomic E-state index is 0.179. The average molecular weight is 224 g/mol. The van der Waals surface area contributed by atoms with Crippen LogP contribution in [0.15, 0.2) is 0 Å². The van der Waals surface area contributed by atoms with Gasteiger partial charge in [0, 0.05) is 13.1 Å². The second-order valence-corrected chi connectivity index (χ2v) is 5.85. The summed E-state index contributed by atoms with van der Waals surface area (Å²) >= 11 is 0. The fraction of sp³-hybridized carbons (Fsp3) is 0.923. The molecule has 16 heavy (non-hydrogen) atoms. The third-order valence-corrected chi connectivity index (χ3v) is 4.45. The Bertz CT molecular complexity index is 273. The number of nitrogens with zero attached hydrogens (tertiary/aromatic N) is 1. The van der Waals surface area contributed by atoms with E-state index < -0.39 is 5.54 Å². The molecule has 0 aliphatic heterocycles. The molecule has 0 saturated heterocycles. The van der Waals surface area contributed by atoms with Crippen LogP contribution in [0.25, 0.3) is 0 Å². The van der Waals surface area contributed by atoms with Gasteiger partial charge < -0.3 is 10.6 Å². The van der Waals surface area contributed by atoms with Gasteiger partial charge in [-0.05, 0) is 38.0 Å². The largest absolute Gasteiger partial charge is 0.341 e. The number of amides is 1. The van der Waals surface area contributed by atoms with Gasteiger partial charge in [-0.2, -0.15) is 0 Å². The molecule has 0 aromatic heterocycles. The topological polar surface area (TPSA) is 46.3 Å². The lowest BCUT2D eigenvalue weighted by Crippen LogP contribution is -2.60. The van der Waals surface area contributed by atoms with Crippen molar-refractivity contribution >= 4 is 5.91 Å². The second kappa shape index (κ2) is 4.36. The van der Waals surface area contributed by atoms with E-state index in [9.17, 15) is 4.79 Å². The van der Waals surface area contributed by atoms with Gasteiger partial charge in [0.15, 0.2) is 0 Å². The number of hydrogen-bond donors (Lipinski definition) is 1. The van der Waals surface area contributed by atoms with Gasteiger partial charge in [-0.1, -0.05) is 19.8 Å². The van der Waals surface area contributed by atoms with E-state index in [1.165, 1.54) is 12.8 Å². The van der Waals surface area contributed by atoms with E-state index in [4.69, 9.17) is 5.73 Å². The summed E-state index contributed by atoms with van der Waals surface area (Å²) in [7, 11) is 1.94. The highest BCUT2D eigenvalue weighted by molar-refractivity contribution is 5.87. The van der Waals surface area contributed by atoms with Crippen molar-refractivity contribution in [3.05, 3.63) is 0 Å². The van der Waals surface area contributed by atoms with E-state index >= 15 is 0 Å². The average Bonchev–Trinajstić information content (AvgIpc) is 2.24. The van der Waals surface area contributed by atoms with Crippen molar-refractivity contribution in [1.29, 1.82) is 0 Å². The van der Waals surface area contributed by atoms with Gasteiger partial charge in [0.1, 0.15) is 0 Å². The molecule has 0 bridgehead atoms. The van der Waals surface area contributed by atoms with Gasteiger partial charge in [-0.15, -0.1) is 0 Å². The molecule has 92 valence electrons. The van der Waals surface area contributed by atoms with E-state index in [0.29, 0.717) is 6.04 Å². The van der Waals surface area contributed by atoms with Crippen LogP contribution in [0, 0.1) is 5.92 Å². The third-order valence-electron chi connectivity index (χ3n) is 4.45. The molecule has 2 atom stereocenters. The highest BCUT2D eigenvalue weighted by Crippen LogP contribution is 2.33. The van der Waals surface area contributed by atoms with Crippen molar-refractivity contribution in [1.82, 2.24) is 4.90 Å². The minimum Gasteiger partial charge on any atom is -0.341 e. The van der Waals surface area contributed by atoms with Gasteiger partial charge >= 0.3 is 0 Å². The SMILES string of the molecule is CC1CCCC(N(C)C(=O)C2(N)CCC2)C1. The van der Waals surface area contributed by atoms with Crippen LogP contribution in [0.3, 0.4) is 0 Å². The fourth-order valence-corrected chi connectivity index (χ4v) is 3.04. The predicted octanol–water partition coefficient (Wildman–Crippen LogP) is 1.90. The summed E-state index contributed by atoms with van der Waals surface area (Å²) in [5, 5.41) is 0. The first-order valence-electron chi connectivity index (χ1n) is 6.59. The zero-order valence-corrected chi connectivity index (χ0v) is 10.5. The maximum atomic E-state index is 12.3. The summed E-state index contributed by atoms with van der Waals surface area (Å²) in [6.45, 7) is 2.28. The number of carbonyl (C=O) groups excluding carboxylic acids is 1. The van der Waals surface area contributed by atoms with E-state index in [1.54, 1.807) is 0 Å². The normalized spacial score (nSPS) is 32.9. The number of hydrogen-bond acceptors (Lipinski definition) is 2. The van der Waals surface area contributed by atoms with Gasteiger partial charge in [0.2, 0.25) is 5.91 Å². The van der Waals surface area contributed by atoms with Crippen molar-refractivity contribution in [2.45, 2.75) is 63.5 Å². The lowest BCUT2D eigenvalue weighted by atomic mass is 9.76. The summed E-state index contributed by atoms with van der Waals surface area (Å²) in [6, 6.07) is 0.428. The molecule has 2 unspecified atom stereocenters. The summed E-state index contributed by atoms with van der Waals surface area (Å²) < 4.78 is 0. The van der Waals surface area contributed by atoms with Gasteiger partial charge in [0.25, 0.3) is 0 Å². The molecular weight excluding hydrogens is 200 g/mol. The van der Waals surface area contributed by atoms with E-state index in [0.717, 1.165) is 38.0 Å². The van der Waals surface area contributed by atoms with E-state index in [2.05, 4.69) is 6.92 Å². The molecular formula is C13H24N2O. The Balaban J connectivity index is 1.95. The monoisotopic (exact) mass is 224 g/mol. The molecule has 3 heteroatoms. The van der Waals surface area contributed by atoms with Crippen LogP contribution in [0.5, 0.6) is 0 Å². The summed E-state index contributed by atoms with van der Waals surface area (Å²) in [4.78, 5) is 14.2. The molecule has 2 aliphatic carbocycles. The molecule has 2 saturated carbocycles. The van der Waals surface area contributed by atoms with E-state index in [1.807, 2.05) is 11.9 Å². The van der Waals surface area contributed by atoms with Crippen LogP contribution < -0.4 is 5.73 Å². The van der Waals surface area contributed by atoms with Crippen molar-refractivity contribution in [3.8, 4) is 0 Å². The Morgan fingerprint density at radius 3 is 2.50 bits per heavy atom. The molecule has 2 N–H and O–H groups in total. The molecule has 0 radical (unpaired) electrons. The molecule has 2 rings (SSSR count). The van der Waals surface area contributed by atoms with Crippen molar-refractivity contribution in [3.63, 3.8) is 0 Å².